The lowest BCUT2D eigenvalue weighted by molar-refractivity contribution is 0.100. The standard InChI is InChI=1S/C21H32N2O/c1-5-19-12-9-13-20(14-18-10-7-6-8-11-18)21(19)22-24-16-17(2)15-23(3)4/h6-8,10-11,14,17,19H,5,9,12-13,15-16H2,1-4H3/b20-14+,22-21+/t17-,19+/m1/s1. The summed E-state index contributed by atoms with van der Waals surface area (Å²) < 4.78 is 0. The highest BCUT2D eigenvalue weighted by Crippen LogP contribution is 2.30. The number of hydrogen-bond donors (Lipinski definition) is 0. The summed E-state index contributed by atoms with van der Waals surface area (Å²) in [6.07, 6.45) is 6.97. The number of rotatable bonds is 7. The average molecular weight is 329 g/mol. The van der Waals surface area contributed by atoms with Crippen LogP contribution in [0.1, 0.15) is 45.1 Å². The van der Waals surface area contributed by atoms with Crippen molar-refractivity contribution in [1.82, 2.24) is 4.90 Å². The zero-order valence-electron chi connectivity index (χ0n) is 15.7. The van der Waals surface area contributed by atoms with Crippen molar-refractivity contribution in [3.05, 3.63) is 41.5 Å². The number of hydrogen-bond acceptors (Lipinski definition) is 3. The Morgan fingerprint density at radius 3 is 2.71 bits per heavy atom. The second-order valence-corrected chi connectivity index (χ2v) is 7.22. The molecule has 0 heterocycles. The van der Waals surface area contributed by atoms with Crippen LogP contribution in [0.5, 0.6) is 0 Å². The Morgan fingerprint density at radius 1 is 1.29 bits per heavy atom. The highest BCUT2D eigenvalue weighted by Gasteiger charge is 2.24. The quantitative estimate of drug-likeness (QED) is 0.668. The van der Waals surface area contributed by atoms with Crippen LogP contribution in [-0.4, -0.2) is 37.9 Å². The summed E-state index contributed by atoms with van der Waals surface area (Å²) in [6.45, 7) is 6.16. The van der Waals surface area contributed by atoms with Crippen LogP contribution in [0.4, 0.5) is 0 Å². The summed E-state index contributed by atoms with van der Waals surface area (Å²) in [5.41, 5.74) is 3.77. The van der Waals surface area contributed by atoms with Gasteiger partial charge in [-0.25, -0.2) is 0 Å². The lowest BCUT2D eigenvalue weighted by atomic mass is 9.81. The predicted molar refractivity (Wildman–Crippen MR) is 103 cm³/mol. The minimum atomic E-state index is 0.481. The molecule has 3 heteroatoms. The maximum Gasteiger partial charge on any atom is 0.120 e. The van der Waals surface area contributed by atoms with E-state index < -0.39 is 0 Å². The van der Waals surface area contributed by atoms with E-state index >= 15 is 0 Å². The number of oxime groups is 1. The number of allylic oxidation sites excluding steroid dienone is 1. The lowest BCUT2D eigenvalue weighted by Gasteiger charge is -2.25. The third kappa shape index (κ3) is 5.79. The van der Waals surface area contributed by atoms with Crippen molar-refractivity contribution in [2.45, 2.75) is 39.5 Å². The van der Waals surface area contributed by atoms with Gasteiger partial charge >= 0.3 is 0 Å². The van der Waals surface area contributed by atoms with Gasteiger partial charge in [0, 0.05) is 18.4 Å². The maximum absolute atomic E-state index is 5.76. The fraction of sp³-hybridized carbons (Fsp3) is 0.571. The Hall–Kier alpha value is -1.61. The first-order valence-corrected chi connectivity index (χ1v) is 9.20. The average Bonchev–Trinajstić information content (AvgIpc) is 2.56. The molecule has 1 aliphatic carbocycles. The number of nitrogens with zero attached hydrogens (tertiary/aromatic N) is 2. The molecule has 0 N–H and O–H groups in total. The molecular formula is C21H32N2O. The topological polar surface area (TPSA) is 24.8 Å². The van der Waals surface area contributed by atoms with E-state index in [9.17, 15) is 0 Å². The van der Waals surface area contributed by atoms with Gasteiger partial charge in [0.1, 0.15) is 6.61 Å². The molecule has 1 aliphatic rings. The van der Waals surface area contributed by atoms with Gasteiger partial charge in [-0.3, -0.25) is 0 Å². The van der Waals surface area contributed by atoms with E-state index in [1.54, 1.807) is 0 Å². The minimum Gasteiger partial charge on any atom is -0.395 e. The second kappa shape index (κ2) is 9.63. The highest BCUT2D eigenvalue weighted by molar-refractivity contribution is 6.05. The summed E-state index contributed by atoms with van der Waals surface area (Å²) >= 11 is 0. The Labute approximate surface area is 147 Å². The zero-order chi connectivity index (χ0) is 17.4. The molecule has 0 aliphatic heterocycles. The van der Waals surface area contributed by atoms with Gasteiger partial charge in [-0.1, -0.05) is 49.3 Å². The van der Waals surface area contributed by atoms with Crippen molar-refractivity contribution in [3.8, 4) is 0 Å². The van der Waals surface area contributed by atoms with E-state index in [1.807, 2.05) is 0 Å². The molecule has 1 saturated carbocycles. The smallest absolute Gasteiger partial charge is 0.120 e. The molecule has 0 bridgehead atoms. The van der Waals surface area contributed by atoms with Crippen LogP contribution < -0.4 is 0 Å². The highest BCUT2D eigenvalue weighted by atomic mass is 16.6. The molecule has 2 atom stereocenters. The predicted octanol–water partition coefficient (Wildman–Crippen LogP) is 4.85. The SMILES string of the molecule is CC[C@H]1CCCC(=C\c2ccccc2)/C1=N/OC[C@H](C)CN(C)C. The van der Waals surface area contributed by atoms with Crippen LogP contribution >= 0.6 is 0 Å². The normalized spacial score (nSPS) is 23.0. The van der Waals surface area contributed by atoms with E-state index in [-0.39, 0.29) is 0 Å². The molecule has 0 radical (unpaired) electrons. The van der Waals surface area contributed by atoms with Gasteiger partial charge in [0.05, 0.1) is 5.71 Å². The largest absolute Gasteiger partial charge is 0.395 e. The summed E-state index contributed by atoms with van der Waals surface area (Å²) in [7, 11) is 4.19. The fourth-order valence-electron chi connectivity index (χ4n) is 3.40. The third-order valence-corrected chi connectivity index (χ3v) is 4.55. The van der Waals surface area contributed by atoms with Crippen LogP contribution in [0.25, 0.3) is 6.08 Å². The van der Waals surface area contributed by atoms with Crippen molar-refractivity contribution in [1.29, 1.82) is 0 Å². The van der Waals surface area contributed by atoms with Crippen LogP contribution in [0.3, 0.4) is 0 Å². The molecular weight excluding hydrogens is 296 g/mol. The monoisotopic (exact) mass is 328 g/mol. The summed E-state index contributed by atoms with van der Waals surface area (Å²) in [6, 6.07) is 10.5. The van der Waals surface area contributed by atoms with E-state index in [0.29, 0.717) is 18.4 Å². The van der Waals surface area contributed by atoms with Gasteiger partial charge in [-0.2, -0.15) is 0 Å². The molecule has 0 aromatic heterocycles. The molecule has 1 aromatic carbocycles. The first-order chi connectivity index (χ1) is 11.6. The molecule has 0 spiro atoms. The van der Waals surface area contributed by atoms with Gasteiger partial charge < -0.3 is 9.74 Å². The molecule has 132 valence electrons. The molecule has 24 heavy (non-hydrogen) atoms. The molecule has 1 fully saturated rings. The van der Waals surface area contributed by atoms with E-state index in [1.165, 1.54) is 29.7 Å². The molecule has 2 rings (SSSR count). The van der Waals surface area contributed by atoms with Crippen molar-refractivity contribution in [3.63, 3.8) is 0 Å². The minimum absolute atomic E-state index is 0.481. The molecule has 0 saturated heterocycles. The van der Waals surface area contributed by atoms with Crippen LogP contribution in [0, 0.1) is 11.8 Å². The van der Waals surface area contributed by atoms with E-state index in [2.05, 4.69) is 74.4 Å². The van der Waals surface area contributed by atoms with Gasteiger partial charge in [-0.15, -0.1) is 0 Å². The third-order valence-electron chi connectivity index (χ3n) is 4.55. The lowest BCUT2D eigenvalue weighted by Crippen LogP contribution is -2.24. The Bertz CT molecular complexity index is 548. The van der Waals surface area contributed by atoms with Gasteiger partial charge in [-0.05, 0) is 57.0 Å². The van der Waals surface area contributed by atoms with Crippen molar-refractivity contribution < 1.29 is 4.84 Å². The Kier molecular flexibility index (Phi) is 7.51. The van der Waals surface area contributed by atoms with Crippen molar-refractivity contribution >= 4 is 11.8 Å². The maximum atomic E-state index is 5.76. The molecule has 0 amide bonds. The second-order valence-electron chi connectivity index (χ2n) is 7.22. The van der Waals surface area contributed by atoms with Crippen LogP contribution in [0.2, 0.25) is 0 Å². The van der Waals surface area contributed by atoms with Crippen LogP contribution in [-0.2, 0) is 4.84 Å². The van der Waals surface area contributed by atoms with Gasteiger partial charge in [0.15, 0.2) is 0 Å². The first-order valence-electron chi connectivity index (χ1n) is 9.20. The summed E-state index contributed by atoms with van der Waals surface area (Å²) in [5.74, 6) is 1.01. The Morgan fingerprint density at radius 2 is 2.04 bits per heavy atom. The Balaban J connectivity index is 2.10. The zero-order valence-corrected chi connectivity index (χ0v) is 15.7. The van der Waals surface area contributed by atoms with Gasteiger partial charge in [0.2, 0.25) is 0 Å². The molecule has 1 aromatic rings. The first kappa shape index (κ1) is 18.7. The number of benzene rings is 1. The molecule has 0 unspecified atom stereocenters. The van der Waals surface area contributed by atoms with E-state index in [4.69, 9.17) is 4.84 Å². The summed E-state index contributed by atoms with van der Waals surface area (Å²) in [5, 5.41) is 4.59. The molecule has 3 nitrogen and oxygen atoms in total. The van der Waals surface area contributed by atoms with Crippen molar-refractivity contribution in [2.75, 3.05) is 27.2 Å². The van der Waals surface area contributed by atoms with Crippen LogP contribution in [0.15, 0.2) is 41.1 Å². The van der Waals surface area contributed by atoms with Gasteiger partial charge in [0.25, 0.3) is 0 Å². The van der Waals surface area contributed by atoms with E-state index in [0.717, 1.165) is 19.4 Å². The summed E-state index contributed by atoms with van der Waals surface area (Å²) in [4.78, 5) is 7.95. The fourth-order valence-corrected chi connectivity index (χ4v) is 3.40. The van der Waals surface area contributed by atoms with Crippen molar-refractivity contribution in [2.24, 2.45) is 17.0 Å².